The third kappa shape index (κ3) is 7.05. The largest absolute Gasteiger partial charge is 0.340 e. The molecule has 0 aromatic heterocycles. The van der Waals surface area contributed by atoms with Crippen molar-refractivity contribution in [2.45, 2.75) is 26.7 Å². The zero-order valence-electron chi connectivity index (χ0n) is 6.12. The zero-order valence-corrected chi connectivity index (χ0v) is 9.29. The summed E-state index contributed by atoms with van der Waals surface area (Å²) in [5.41, 5.74) is 0. The molecule has 0 bridgehead atoms. The summed E-state index contributed by atoms with van der Waals surface area (Å²) in [6.45, 7) is 7.65. The predicted octanol–water partition coefficient (Wildman–Crippen LogP) is 2.26. The SMILES string of the molecule is [3H]C([CH2-])(CC)CC.[U]. The van der Waals surface area contributed by atoms with E-state index in [2.05, 4.69) is 6.92 Å². The third-order valence-corrected chi connectivity index (χ3v) is 1.000. The van der Waals surface area contributed by atoms with Crippen LogP contribution in [0.3, 0.4) is 0 Å². The topological polar surface area (TPSA) is 0 Å². The summed E-state index contributed by atoms with van der Waals surface area (Å²) in [7, 11) is 0. The number of hydrogen-bond donors (Lipinski definition) is 0. The van der Waals surface area contributed by atoms with Gasteiger partial charge in [-0.05, 0) is 1.37 Å². The second-order valence-corrected chi connectivity index (χ2v) is 1.46. The molecule has 0 aromatic rings. The molecule has 1 heteroatoms. The average Bonchev–Trinajstić information content (AvgIpc) is 1.68. The Labute approximate surface area is 71.8 Å². The molecule has 0 saturated carbocycles. The summed E-state index contributed by atoms with van der Waals surface area (Å²) < 4.78 is 7.31. The molecule has 7 heavy (non-hydrogen) atoms. The average molecular weight is 325 g/mol. The van der Waals surface area contributed by atoms with Crippen LogP contribution in [0.15, 0.2) is 0 Å². The van der Waals surface area contributed by atoms with Crippen LogP contribution in [0, 0.1) is 43.9 Å². The normalized spacial score (nSPS) is 12.1. The van der Waals surface area contributed by atoms with Crippen molar-refractivity contribution in [3.63, 3.8) is 0 Å². The Bertz CT molecular complexity index is 46.5. The van der Waals surface area contributed by atoms with Gasteiger partial charge in [0.25, 0.3) is 0 Å². The molecule has 0 aliphatic carbocycles. The molecule has 42 valence electrons. The molecular formula is C6H13U-. The van der Waals surface area contributed by atoms with Gasteiger partial charge in [0, 0.05) is 31.1 Å². The quantitative estimate of drug-likeness (QED) is 0.683. The molecule has 0 spiro atoms. The maximum Gasteiger partial charge on any atom is 0 e. The first kappa shape index (κ1) is 8.05. The molecule has 0 nitrogen and oxygen atoms in total. The Hall–Kier alpha value is 1.05. The van der Waals surface area contributed by atoms with E-state index >= 15 is 0 Å². The van der Waals surface area contributed by atoms with Gasteiger partial charge in [-0.1, -0.05) is 26.7 Å². The van der Waals surface area contributed by atoms with Crippen molar-refractivity contribution in [1.82, 2.24) is 0 Å². The van der Waals surface area contributed by atoms with E-state index in [1.807, 2.05) is 13.8 Å². The minimum Gasteiger partial charge on any atom is -0.340 e. The van der Waals surface area contributed by atoms with Crippen molar-refractivity contribution in [2.75, 3.05) is 0 Å². The minimum atomic E-state index is -0.417. The molecule has 0 radical (unpaired) electrons. The number of hydrogen-bond acceptors (Lipinski definition) is 0. The molecule has 0 fully saturated rings. The van der Waals surface area contributed by atoms with E-state index in [4.69, 9.17) is 1.37 Å². The van der Waals surface area contributed by atoms with Crippen LogP contribution in [0.5, 0.6) is 0 Å². The van der Waals surface area contributed by atoms with Gasteiger partial charge in [-0.3, -0.25) is 0 Å². The molecule has 0 unspecified atom stereocenters. The summed E-state index contributed by atoms with van der Waals surface area (Å²) in [6, 6.07) is 0. The standard InChI is InChI=1S/C6H13.U/c1-4-6(3)5-2;/h6H,3-5H2,1-2H3;/q-1;/i6T;. The van der Waals surface area contributed by atoms with Crippen molar-refractivity contribution in [2.24, 2.45) is 5.89 Å². The molecule has 0 atom stereocenters. The predicted molar refractivity (Wildman–Crippen MR) is 29.4 cm³/mol. The summed E-state index contributed by atoms with van der Waals surface area (Å²) >= 11 is 0. The van der Waals surface area contributed by atoms with Gasteiger partial charge in [-0.25, -0.2) is 0 Å². The monoisotopic (exact) mass is 325 g/mol. The molecule has 0 rings (SSSR count). The van der Waals surface area contributed by atoms with Gasteiger partial charge in [0.2, 0.25) is 0 Å². The maximum atomic E-state index is 7.31. The molecule has 0 heterocycles. The van der Waals surface area contributed by atoms with Gasteiger partial charge in [0.15, 0.2) is 0 Å². The van der Waals surface area contributed by atoms with Gasteiger partial charge >= 0.3 is 0 Å². The van der Waals surface area contributed by atoms with Gasteiger partial charge in [-0.15, -0.1) is 0 Å². The van der Waals surface area contributed by atoms with E-state index in [0.29, 0.717) is 0 Å². The fourth-order valence-electron chi connectivity index (χ4n) is 0.250. The maximum absolute atomic E-state index is 7.31. The molecule has 0 aromatic carbocycles. The van der Waals surface area contributed by atoms with Gasteiger partial charge in [-0.2, -0.15) is 5.89 Å². The zero-order chi connectivity index (χ0) is 5.91. The van der Waals surface area contributed by atoms with E-state index in [0.717, 1.165) is 12.8 Å². The van der Waals surface area contributed by atoms with Crippen molar-refractivity contribution < 1.29 is 32.5 Å². The second kappa shape index (κ2) is 7.05. The Morgan fingerprint density at radius 2 is 1.86 bits per heavy atom. The van der Waals surface area contributed by atoms with Crippen LogP contribution in [0.2, 0.25) is 0 Å². The first-order valence-electron chi connectivity index (χ1n) is 2.97. The van der Waals surface area contributed by atoms with E-state index < -0.39 is 5.89 Å². The second-order valence-electron chi connectivity index (χ2n) is 1.46. The van der Waals surface area contributed by atoms with Gasteiger partial charge in [0.1, 0.15) is 0 Å². The van der Waals surface area contributed by atoms with Crippen molar-refractivity contribution in [3.8, 4) is 0 Å². The van der Waals surface area contributed by atoms with Gasteiger partial charge in [0.05, 0.1) is 0 Å². The van der Waals surface area contributed by atoms with E-state index in [1.165, 1.54) is 0 Å². The molecule has 0 aliphatic rings. The van der Waals surface area contributed by atoms with Crippen LogP contribution in [-0.2, 0) is 0 Å². The molecule has 0 saturated heterocycles. The number of rotatable bonds is 2. The van der Waals surface area contributed by atoms with Crippen molar-refractivity contribution in [3.05, 3.63) is 6.92 Å². The molecule has 0 amide bonds. The third-order valence-electron chi connectivity index (χ3n) is 1.000. The fraction of sp³-hybridized carbons (Fsp3) is 0.833. The first-order chi connectivity index (χ1) is 3.12. The Balaban J connectivity index is 0. The summed E-state index contributed by atoms with van der Waals surface area (Å²) in [4.78, 5) is 0. The van der Waals surface area contributed by atoms with Crippen LogP contribution in [0.4, 0.5) is 0 Å². The Morgan fingerprint density at radius 1 is 1.57 bits per heavy atom. The summed E-state index contributed by atoms with van der Waals surface area (Å²) in [5.74, 6) is -0.417. The molecular weight excluding hydrogens is 310 g/mol. The summed E-state index contributed by atoms with van der Waals surface area (Å²) in [6.07, 6.45) is 1.70. The van der Waals surface area contributed by atoms with Crippen molar-refractivity contribution >= 4 is 0 Å². The smallest absolute Gasteiger partial charge is 0 e. The van der Waals surface area contributed by atoms with Crippen LogP contribution >= 0.6 is 0 Å². The molecule has 0 aliphatic heterocycles. The van der Waals surface area contributed by atoms with Crippen molar-refractivity contribution in [1.29, 1.82) is 0 Å². The van der Waals surface area contributed by atoms with E-state index in [1.54, 1.807) is 0 Å². The van der Waals surface area contributed by atoms with Crippen LogP contribution in [0.1, 0.15) is 28.1 Å². The van der Waals surface area contributed by atoms with E-state index in [-0.39, 0.29) is 31.1 Å². The van der Waals surface area contributed by atoms with Gasteiger partial charge < -0.3 is 6.92 Å². The molecule has 0 N–H and O–H groups in total. The van der Waals surface area contributed by atoms with Crippen LogP contribution < -0.4 is 0 Å². The van der Waals surface area contributed by atoms with Crippen LogP contribution in [-0.4, -0.2) is 0 Å². The fourth-order valence-corrected chi connectivity index (χ4v) is 0.250. The Kier molecular flexibility index (Phi) is 8.11. The van der Waals surface area contributed by atoms with E-state index in [9.17, 15) is 0 Å². The first-order valence-corrected chi connectivity index (χ1v) is 2.47. The Morgan fingerprint density at radius 3 is 1.86 bits per heavy atom. The minimum absolute atomic E-state index is 0. The summed E-state index contributed by atoms with van der Waals surface area (Å²) in [5, 5.41) is 0. The van der Waals surface area contributed by atoms with Crippen LogP contribution in [0.25, 0.3) is 0 Å².